The fourth-order valence-electron chi connectivity index (χ4n) is 5.22. The first-order valence-electron chi connectivity index (χ1n) is 12.2. The Balaban J connectivity index is 1.50. The number of esters is 1. The number of carbonyl (C=O) groups is 2. The second-order valence-corrected chi connectivity index (χ2v) is 9.02. The number of nitrogens with one attached hydrogen (secondary N) is 2. The predicted molar refractivity (Wildman–Crippen MR) is 126 cm³/mol. The lowest BCUT2D eigenvalue weighted by Gasteiger charge is -2.41. The number of urea groups is 1. The molecule has 1 aliphatic carbocycles. The number of hydrogen-bond acceptors (Lipinski definition) is 6. The number of rotatable bonds is 7. The molecule has 8 heteroatoms. The van der Waals surface area contributed by atoms with Crippen molar-refractivity contribution in [3.05, 3.63) is 41.1 Å². The number of benzene rings is 1. The van der Waals surface area contributed by atoms with Crippen LogP contribution in [-0.2, 0) is 9.53 Å². The van der Waals surface area contributed by atoms with Gasteiger partial charge in [-0.15, -0.1) is 0 Å². The van der Waals surface area contributed by atoms with Crippen LogP contribution in [0.2, 0.25) is 0 Å². The molecule has 2 aliphatic heterocycles. The number of nitrogens with zero attached hydrogens (tertiary/aromatic N) is 2. The highest BCUT2D eigenvalue weighted by Crippen LogP contribution is 2.30. The van der Waals surface area contributed by atoms with E-state index in [0.717, 1.165) is 37.5 Å². The Kier molecular flexibility index (Phi) is 7.88. The summed E-state index contributed by atoms with van der Waals surface area (Å²) in [6.45, 7) is 6.93. The third-order valence-electron chi connectivity index (χ3n) is 6.96. The average Bonchev–Trinajstić information content (AvgIpc) is 2.85. The molecule has 0 unspecified atom stereocenters. The zero-order valence-electron chi connectivity index (χ0n) is 19.8. The fourth-order valence-corrected chi connectivity index (χ4v) is 5.22. The number of methoxy groups -OCH3 is 1. The molecule has 1 aromatic rings. The van der Waals surface area contributed by atoms with Gasteiger partial charge in [-0.25, -0.2) is 9.59 Å². The molecule has 0 spiro atoms. The Morgan fingerprint density at radius 2 is 1.76 bits per heavy atom. The summed E-state index contributed by atoms with van der Waals surface area (Å²) in [4.78, 5) is 30.3. The van der Waals surface area contributed by atoms with Crippen LogP contribution in [0.1, 0.15) is 50.6 Å². The van der Waals surface area contributed by atoms with Gasteiger partial charge >= 0.3 is 12.0 Å². The molecular weight excluding hydrogens is 420 g/mol. The molecule has 0 radical (unpaired) electrons. The summed E-state index contributed by atoms with van der Waals surface area (Å²) in [6.07, 6.45) is 6.66. The molecule has 8 nitrogen and oxygen atoms in total. The SMILES string of the molecule is CCOc1ccc([C@@H]2NC(=O)NC(CN3CCN(C4CCCCC4)CC3)=C2C(=O)OC)cc1. The third-order valence-corrected chi connectivity index (χ3v) is 6.96. The van der Waals surface area contributed by atoms with Gasteiger partial charge in [-0.2, -0.15) is 0 Å². The molecule has 4 rings (SSSR count). The molecular formula is C25H36N4O4. The van der Waals surface area contributed by atoms with E-state index in [1.54, 1.807) is 0 Å². The molecule has 1 atom stereocenters. The van der Waals surface area contributed by atoms with Gasteiger partial charge < -0.3 is 20.1 Å². The lowest BCUT2D eigenvalue weighted by molar-refractivity contribution is -0.136. The standard InChI is InChI=1S/C25H36N4O4/c1-3-33-20-11-9-18(10-12-20)23-22(24(30)32-2)21(26-25(31)27-23)17-28-13-15-29(16-14-28)19-7-5-4-6-8-19/h9-12,19,23H,3-8,13-17H2,1-2H3,(H2,26,27,31)/t23-/m0/s1. The summed E-state index contributed by atoms with van der Waals surface area (Å²) in [5, 5.41) is 5.77. The summed E-state index contributed by atoms with van der Waals surface area (Å²) < 4.78 is 10.6. The Morgan fingerprint density at radius 3 is 2.39 bits per heavy atom. The molecule has 0 aromatic heterocycles. The van der Waals surface area contributed by atoms with E-state index in [1.807, 2.05) is 31.2 Å². The first-order chi connectivity index (χ1) is 16.1. The summed E-state index contributed by atoms with van der Waals surface area (Å²) in [5.74, 6) is 0.318. The van der Waals surface area contributed by atoms with Crippen LogP contribution in [0.4, 0.5) is 4.79 Å². The number of hydrogen-bond donors (Lipinski definition) is 2. The Bertz CT molecular complexity index is 856. The smallest absolute Gasteiger partial charge is 0.338 e. The summed E-state index contributed by atoms with van der Waals surface area (Å²) in [6, 6.07) is 7.30. The van der Waals surface area contributed by atoms with Gasteiger partial charge in [-0.05, 0) is 37.5 Å². The average molecular weight is 457 g/mol. The molecule has 1 saturated heterocycles. The summed E-state index contributed by atoms with van der Waals surface area (Å²) >= 11 is 0. The van der Waals surface area contributed by atoms with Crippen LogP contribution >= 0.6 is 0 Å². The quantitative estimate of drug-likeness (QED) is 0.614. The maximum absolute atomic E-state index is 12.8. The van der Waals surface area contributed by atoms with Crippen LogP contribution in [0.15, 0.2) is 35.5 Å². The lowest BCUT2D eigenvalue weighted by atomic mass is 9.93. The Hall–Kier alpha value is -2.58. The van der Waals surface area contributed by atoms with Crippen molar-refractivity contribution in [3.63, 3.8) is 0 Å². The minimum Gasteiger partial charge on any atom is -0.494 e. The molecule has 180 valence electrons. The van der Waals surface area contributed by atoms with Crippen LogP contribution in [0, 0.1) is 0 Å². The lowest BCUT2D eigenvalue weighted by Crippen LogP contribution is -2.53. The first-order valence-corrected chi connectivity index (χ1v) is 12.2. The van der Waals surface area contributed by atoms with Gasteiger partial charge in [0.2, 0.25) is 0 Å². The molecule has 2 fully saturated rings. The minimum atomic E-state index is -0.569. The zero-order chi connectivity index (χ0) is 23.2. The number of ether oxygens (including phenoxy) is 2. The van der Waals surface area contributed by atoms with Gasteiger partial charge in [0, 0.05) is 44.5 Å². The number of amides is 2. The largest absolute Gasteiger partial charge is 0.494 e. The second-order valence-electron chi connectivity index (χ2n) is 9.02. The van der Waals surface area contributed by atoms with Gasteiger partial charge in [-0.1, -0.05) is 31.4 Å². The van der Waals surface area contributed by atoms with Gasteiger partial charge in [0.15, 0.2) is 0 Å². The number of piperazine rings is 1. The molecule has 1 saturated carbocycles. The zero-order valence-corrected chi connectivity index (χ0v) is 19.8. The van der Waals surface area contributed by atoms with Crippen molar-refractivity contribution >= 4 is 12.0 Å². The molecule has 0 bridgehead atoms. The van der Waals surface area contributed by atoms with Gasteiger partial charge in [0.25, 0.3) is 0 Å². The van der Waals surface area contributed by atoms with Crippen molar-refractivity contribution in [2.75, 3.05) is 46.4 Å². The van der Waals surface area contributed by atoms with E-state index in [4.69, 9.17) is 9.47 Å². The van der Waals surface area contributed by atoms with E-state index in [-0.39, 0.29) is 6.03 Å². The number of carbonyl (C=O) groups excluding carboxylic acids is 2. The van der Waals surface area contributed by atoms with Gasteiger partial charge in [0.05, 0.1) is 25.3 Å². The molecule has 3 aliphatic rings. The van der Waals surface area contributed by atoms with Crippen LogP contribution in [0.3, 0.4) is 0 Å². The molecule has 33 heavy (non-hydrogen) atoms. The maximum atomic E-state index is 12.8. The van der Waals surface area contributed by atoms with Crippen molar-refractivity contribution in [2.45, 2.75) is 51.1 Å². The van der Waals surface area contributed by atoms with Gasteiger partial charge in [-0.3, -0.25) is 9.80 Å². The molecule has 2 N–H and O–H groups in total. The van der Waals surface area contributed by atoms with Crippen molar-refractivity contribution in [1.82, 2.24) is 20.4 Å². The van der Waals surface area contributed by atoms with Gasteiger partial charge in [0.1, 0.15) is 5.75 Å². The fraction of sp³-hybridized carbons (Fsp3) is 0.600. The topological polar surface area (TPSA) is 83.1 Å². The van der Waals surface area contributed by atoms with Crippen molar-refractivity contribution in [2.24, 2.45) is 0 Å². The van der Waals surface area contributed by atoms with E-state index in [2.05, 4.69) is 20.4 Å². The van der Waals surface area contributed by atoms with E-state index >= 15 is 0 Å². The van der Waals surface area contributed by atoms with Crippen molar-refractivity contribution in [1.29, 1.82) is 0 Å². The van der Waals surface area contributed by atoms with E-state index < -0.39 is 12.0 Å². The van der Waals surface area contributed by atoms with Crippen LogP contribution < -0.4 is 15.4 Å². The predicted octanol–water partition coefficient (Wildman–Crippen LogP) is 2.82. The third kappa shape index (κ3) is 5.68. The normalized spacial score (nSPS) is 23.1. The van der Waals surface area contributed by atoms with E-state index in [1.165, 1.54) is 39.2 Å². The van der Waals surface area contributed by atoms with Crippen LogP contribution in [-0.4, -0.2) is 74.3 Å². The highest BCUT2D eigenvalue weighted by Gasteiger charge is 2.35. The van der Waals surface area contributed by atoms with Crippen molar-refractivity contribution in [3.8, 4) is 5.75 Å². The van der Waals surface area contributed by atoms with E-state index in [9.17, 15) is 9.59 Å². The van der Waals surface area contributed by atoms with Crippen molar-refractivity contribution < 1.29 is 19.1 Å². The van der Waals surface area contributed by atoms with Crippen LogP contribution in [0.5, 0.6) is 5.75 Å². The molecule has 2 heterocycles. The Labute approximate surface area is 196 Å². The maximum Gasteiger partial charge on any atom is 0.338 e. The Morgan fingerprint density at radius 1 is 1.06 bits per heavy atom. The van der Waals surface area contributed by atoms with E-state index in [0.29, 0.717) is 30.5 Å². The monoisotopic (exact) mass is 456 g/mol. The second kappa shape index (κ2) is 11.0. The highest BCUT2D eigenvalue weighted by atomic mass is 16.5. The van der Waals surface area contributed by atoms with Crippen LogP contribution in [0.25, 0.3) is 0 Å². The first kappa shape index (κ1) is 23.6. The molecule has 2 amide bonds. The highest BCUT2D eigenvalue weighted by molar-refractivity contribution is 5.95. The summed E-state index contributed by atoms with van der Waals surface area (Å²) in [5.41, 5.74) is 1.89. The minimum absolute atomic E-state index is 0.308. The molecule has 1 aromatic carbocycles. The summed E-state index contributed by atoms with van der Waals surface area (Å²) in [7, 11) is 1.38.